The molecule has 0 radical (unpaired) electrons. The highest BCUT2D eigenvalue weighted by atomic mass is 19.4. The number of hydrogen-bond acceptors (Lipinski definition) is 1. The summed E-state index contributed by atoms with van der Waals surface area (Å²) in [6, 6.07) is 10.4. The van der Waals surface area contributed by atoms with Crippen LogP contribution in [0.15, 0.2) is 30.3 Å². The molecule has 1 fully saturated rings. The van der Waals surface area contributed by atoms with Gasteiger partial charge < -0.3 is 15.3 Å². The number of piperidine rings is 1. The third-order valence-corrected chi connectivity index (χ3v) is 4.10. The number of aliphatic hydroxyl groups is 1. The van der Waals surface area contributed by atoms with Gasteiger partial charge in [-0.05, 0) is 0 Å². The summed E-state index contributed by atoms with van der Waals surface area (Å²) in [4.78, 5) is 1.47. The Balaban J connectivity index is 1.69. The van der Waals surface area contributed by atoms with Gasteiger partial charge in [-0.15, -0.1) is 0 Å². The number of nitrogens with one attached hydrogen (secondary N) is 1. The summed E-state index contributed by atoms with van der Waals surface area (Å²) in [7, 11) is 0. The van der Waals surface area contributed by atoms with Gasteiger partial charge in [0.15, 0.2) is 6.10 Å². The van der Waals surface area contributed by atoms with Crippen molar-refractivity contribution < 1.29 is 28.5 Å². The van der Waals surface area contributed by atoms with Crippen LogP contribution in [0.2, 0.25) is 0 Å². The Morgan fingerprint density at radius 3 is 2.38 bits per heavy atom. The van der Waals surface area contributed by atoms with Crippen LogP contribution in [0.1, 0.15) is 18.4 Å². The standard InChI is InChI=1S/C15H21F3N2O/c16-15(17,18)14(21)10-19-13-6-8-20(9-7-13)11-12-4-2-1-3-5-12/h1-5,13-14,19,21H,6-11H2/p+2/t14-/m0/s1. The van der Waals surface area contributed by atoms with Crippen LogP contribution in [0.25, 0.3) is 0 Å². The van der Waals surface area contributed by atoms with Crippen molar-refractivity contribution in [2.75, 3.05) is 19.6 Å². The number of rotatable bonds is 5. The largest absolute Gasteiger partial charge is 0.419 e. The maximum Gasteiger partial charge on any atom is 0.419 e. The summed E-state index contributed by atoms with van der Waals surface area (Å²) in [5.41, 5.74) is 1.29. The molecule has 4 N–H and O–H groups in total. The van der Waals surface area contributed by atoms with Gasteiger partial charge in [-0.3, -0.25) is 0 Å². The molecule has 2 rings (SSSR count). The minimum Gasteiger partial charge on any atom is -0.379 e. The molecule has 0 saturated carbocycles. The second-order valence-electron chi connectivity index (χ2n) is 5.78. The van der Waals surface area contributed by atoms with Crippen molar-refractivity contribution in [3.63, 3.8) is 0 Å². The highest BCUT2D eigenvalue weighted by Crippen LogP contribution is 2.18. The SMILES string of the molecule is O[C@@H](C[NH2+]C1CC[NH+](Cc2ccccc2)CC1)C(F)(F)F. The van der Waals surface area contributed by atoms with Gasteiger partial charge >= 0.3 is 6.18 Å². The Bertz CT molecular complexity index is 417. The van der Waals surface area contributed by atoms with Crippen molar-refractivity contribution in [3.05, 3.63) is 35.9 Å². The first-order valence-electron chi connectivity index (χ1n) is 7.41. The maximum atomic E-state index is 12.2. The average molecular weight is 304 g/mol. The van der Waals surface area contributed by atoms with Crippen LogP contribution in [-0.4, -0.2) is 43.1 Å². The van der Waals surface area contributed by atoms with E-state index in [0.717, 1.165) is 32.5 Å². The summed E-state index contributed by atoms with van der Waals surface area (Å²) in [6.07, 6.45) is -4.93. The molecule has 0 amide bonds. The zero-order valence-corrected chi connectivity index (χ0v) is 11.9. The fourth-order valence-corrected chi connectivity index (χ4v) is 2.80. The second-order valence-corrected chi connectivity index (χ2v) is 5.78. The number of hydrogen-bond donors (Lipinski definition) is 3. The lowest BCUT2D eigenvalue weighted by Crippen LogP contribution is -3.13. The Labute approximate surface area is 122 Å². The molecule has 1 heterocycles. The molecule has 1 saturated heterocycles. The van der Waals surface area contributed by atoms with Crippen LogP contribution in [-0.2, 0) is 6.54 Å². The molecule has 6 heteroatoms. The van der Waals surface area contributed by atoms with Gasteiger partial charge in [0.25, 0.3) is 0 Å². The molecular weight excluding hydrogens is 281 g/mol. The highest BCUT2D eigenvalue weighted by Gasteiger charge is 2.40. The van der Waals surface area contributed by atoms with Gasteiger partial charge in [0.05, 0.1) is 19.1 Å². The Morgan fingerprint density at radius 2 is 1.81 bits per heavy atom. The van der Waals surface area contributed by atoms with Crippen molar-refractivity contribution in [1.29, 1.82) is 0 Å². The number of likely N-dealkylation sites (tertiary alicyclic amines) is 1. The van der Waals surface area contributed by atoms with Crippen LogP contribution < -0.4 is 10.2 Å². The molecule has 3 nitrogen and oxygen atoms in total. The third-order valence-electron chi connectivity index (χ3n) is 4.10. The summed E-state index contributed by atoms with van der Waals surface area (Å²) in [5.74, 6) is 0. The van der Waals surface area contributed by atoms with Crippen molar-refractivity contribution in [2.45, 2.75) is 37.7 Å². The molecule has 0 aromatic heterocycles. The Morgan fingerprint density at radius 1 is 1.19 bits per heavy atom. The number of quaternary nitrogens is 2. The first kappa shape index (κ1) is 16.3. The first-order valence-corrected chi connectivity index (χ1v) is 7.41. The number of nitrogens with two attached hydrogens (primary N) is 1. The van der Waals surface area contributed by atoms with Crippen LogP contribution in [0, 0.1) is 0 Å². The van der Waals surface area contributed by atoms with E-state index in [-0.39, 0.29) is 12.6 Å². The molecule has 21 heavy (non-hydrogen) atoms. The quantitative estimate of drug-likeness (QED) is 0.688. The zero-order valence-electron chi connectivity index (χ0n) is 11.9. The third kappa shape index (κ3) is 5.30. The van der Waals surface area contributed by atoms with Crippen LogP contribution >= 0.6 is 0 Å². The zero-order chi connectivity index (χ0) is 15.3. The Kier molecular flexibility index (Phi) is 5.61. The average Bonchev–Trinajstić information content (AvgIpc) is 2.46. The van der Waals surface area contributed by atoms with Crippen LogP contribution in [0.3, 0.4) is 0 Å². The molecule has 1 aliphatic heterocycles. The van der Waals surface area contributed by atoms with E-state index in [9.17, 15) is 13.2 Å². The maximum absolute atomic E-state index is 12.2. The minimum atomic E-state index is -4.50. The van der Waals surface area contributed by atoms with Gasteiger partial charge in [-0.1, -0.05) is 30.3 Å². The van der Waals surface area contributed by atoms with E-state index in [0.29, 0.717) is 0 Å². The molecule has 1 aromatic carbocycles. The Hall–Kier alpha value is -1.11. The number of aliphatic hydroxyl groups excluding tert-OH is 1. The van der Waals surface area contributed by atoms with E-state index >= 15 is 0 Å². The molecule has 0 bridgehead atoms. The summed E-state index contributed by atoms with van der Waals surface area (Å²) in [6.45, 7) is 2.62. The summed E-state index contributed by atoms with van der Waals surface area (Å²) in [5, 5.41) is 10.7. The lowest BCUT2D eigenvalue weighted by Gasteiger charge is -2.28. The molecule has 0 aliphatic carbocycles. The predicted octanol–water partition coefficient (Wildman–Crippen LogP) is -0.279. The summed E-state index contributed by atoms with van der Waals surface area (Å²) >= 11 is 0. The number of halogens is 3. The first-order chi connectivity index (χ1) is 9.95. The van der Waals surface area contributed by atoms with Crippen molar-refractivity contribution in [1.82, 2.24) is 0 Å². The summed E-state index contributed by atoms with van der Waals surface area (Å²) < 4.78 is 36.7. The monoisotopic (exact) mass is 304 g/mol. The lowest BCUT2D eigenvalue weighted by atomic mass is 10.0. The van der Waals surface area contributed by atoms with Crippen LogP contribution in [0.5, 0.6) is 0 Å². The van der Waals surface area contributed by atoms with E-state index in [1.807, 2.05) is 18.2 Å². The van der Waals surface area contributed by atoms with Crippen molar-refractivity contribution in [2.24, 2.45) is 0 Å². The molecule has 1 aromatic rings. The van der Waals surface area contributed by atoms with E-state index in [4.69, 9.17) is 5.11 Å². The van der Waals surface area contributed by atoms with Gasteiger partial charge in [-0.2, -0.15) is 13.2 Å². The second kappa shape index (κ2) is 7.24. The molecule has 1 atom stereocenters. The van der Waals surface area contributed by atoms with Crippen molar-refractivity contribution in [3.8, 4) is 0 Å². The molecule has 0 spiro atoms. The molecule has 118 valence electrons. The lowest BCUT2D eigenvalue weighted by molar-refractivity contribution is -0.926. The highest BCUT2D eigenvalue weighted by molar-refractivity contribution is 5.13. The topological polar surface area (TPSA) is 41.3 Å². The van der Waals surface area contributed by atoms with E-state index in [1.54, 1.807) is 5.32 Å². The van der Waals surface area contributed by atoms with Gasteiger partial charge in [0.1, 0.15) is 13.1 Å². The molecule has 0 unspecified atom stereocenters. The smallest absolute Gasteiger partial charge is 0.379 e. The van der Waals surface area contributed by atoms with Gasteiger partial charge in [0, 0.05) is 18.4 Å². The molecule has 1 aliphatic rings. The minimum absolute atomic E-state index is 0.196. The van der Waals surface area contributed by atoms with Gasteiger partial charge in [-0.25, -0.2) is 0 Å². The number of benzene rings is 1. The number of alkyl halides is 3. The predicted molar refractivity (Wildman–Crippen MR) is 72.7 cm³/mol. The fraction of sp³-hybridized carbons (Fsp3) is 0.600. The van der Waals surface area contributed by atoms with E-state index in [1.165, 1.54) is 10.5 Å². The van der Waals surface area contributed by atoms with E-state index < -0.39 is 12.3 Å². The molecular formula is C15H23F3N2O+2. The van der Waals surface area contributed by atoms with Crippen molar-refractivity contribution >= 4 is 0 Å². The normalized spacial score (nSPS) is 24.8. The van der Waals surface area contributed by atoms with Gasteiger partial charge in [0.2, 0.25) is 0 Å². The van der Waals surface area contributed by atoms with Crippen LogP contribution in [0.4, 0.5) is 13.2 Å². The van der Waals surface area contributed by atoms with E-state index in [2.05, 4.69) is 12.1 Å². The fourth-order valence-electron chi connectivity index (χ4n) is 2.80.